The Balaban J connectivity index is 1.99. The molecule has 0 aliphatic carbocycles. The minimum Gasteiger partial charge on any atom is -0.321 e. The third-order valence-corrected chi connectivity index (χ3v) is 4.46. The lowest BCUT2D eigenvalue weighted by Crippen LogP contribution is -2.13. The monoisotopic (exact) mass is 309 g/mol. The van der Waals surface area contributed by atoms with Gasteiger partial charge in [0.25, 0.3) is 5.91 Å². The van der Waals surface area contributed by atoms with Gasteiger partial charge in [-0.2, -0.15) is 0 Å². The molecule has 0 aliphatic rings. The summed E-state index contributed by atoms with van der Waals surface area (Å²) in [5.41, 5.74) is 2.84. The quantitative estimate of drug-likeness (QED) is 0.773. The summed E-state index contributed by atoms with van der Waals surface area (Å²) in [6.45, 7) is 3.92. The summed E-state index contributed by atoms with van der Waals surface area (Å²) >= 11 is 0.977. The maximum absolute atomic E-state index is 12.4. The van der Waals surface area contributed by atoms with Crippen molar-refractivity contribution in [2.45, 2.75) is 13.8 Å². The number of carbonyl (C=O) groups is 1. The molecular weight excluding hydrogens is 294 g/mol. The highest BCUT2D eigenvalue weighted by Gasteiger charge is 2.11. The van der Waals surface area contributed by atoms with Gasteiger partial charge in [0.1, 0.15) is 0 Å². The van der Waals surface area contributed by atoms with Crippen molar-refractivity contribution in [1.82, 2.24) is 0 Å². The van der Waals surface area contributed by atoms with E-state index in [-0.39, 0.29) is 10.6 Å². The number of aryl methyl sites for hydroxylation is 2. The fourth-order valence-electron chi connectivity index (χ4n) is 2.30. The topological polar surface area (TPSA) is 46.2 Å². The molecule has 0 aliphatic heterocycles. The van der Waals surface area contributed by atoms with Crippen LogP contribution in [0.25, 0.3) is 10.8 Å². The molecule has 0 saturated heterocycles. The highest BCUT2D eigenvalue weighted by atomic mass is 32.1. The molecule has 4 heteroatoms. The normalized spacial score (nSPS) is 10.6. The second-order valence-electron chi connectivity index (χ2n) is 5.26. The molecule has 0 bridgehead atoms. The largest absolute Gasteiger partial charge is 0.321 e. The molecule has 0 saturated carbocycles. The second-order valence-corrected chi connectivity index (χ2v) is 6.27. The molecule has 0 radical (unpaired) electrons. The smallest absolute Gasteiger partial charge is 0.265 e. The van der Waals surface area contributed by atoms with Gasteiger partial charge in [0.2, 0.25) is 4.74 Å². The van der Waals surface area contributed by atoms with E-state index in [1.807, 2.05) is 50.2 Å². The molecule has 110 valence electrons. The van der Waals surface area contributed by atoms with Crippen LogP contribution in [0.4, 0.5) is 5.69 Å². The van der Waals surface area contributed by atoms with Crippen molar-refractivity contribution >= 4 is 33.7 Å². The molecule has 3 rings (SSSR count). The maximum atomic E-state index is 12.4. The summed E-state index contributed by atoms with van der Waals surface area (Å²) in [5.74, 6) is -0.249. The molecule has 0 atom stereocenters. The Kier molecular flexibility index (Phi) is 3.77. The minimum absolute atomic E-state index is 0.0933. The van der Waals surface area contributed by atoms with Crippen LogP contribution in [0, 0.1) is 13.8 Å². The van der Waals surface area contributed by atoms with Gasteiger partial charge in [-0.05, 0) is 48.6 Å². The van der Waals surface area contributed by atoms with E-state index in [0.717, 1.165) is 33.5 Å². The molecule has 22 heavy (non-hydrogen) atoms. The van der Waals surface area contributed by atoms with Crippen LogP contribution in [-0.2, 0) is 0 Å². The zero-order valence-corrected chi connectivity index (χ0v) is 13.2. The summed E-state index contributed by atoms with van der Waals surface area (Å²) in [4.78, 5) is 25.0. The van der Waals surface area contributed by atoms with Crippen molar-refractivity contribution in [3.8, 4) is 0 Å². The number of fused-ring (bicyclic) bond motifs is 1. The molecule has 0 unspecified atom stereocenters. The summed E-state index contributed by atoms with van der Waals surface area (Å²) in [5, 5.41) is 4.33. The van der Waals surface area contributed by atoms with Crippen LogP contribution in [-0.4, -0.2) is 5.91 Å². The third kappa shape index (κ3) is 2.78. The molecule has 3 nitrogen and oxygen atoms in total. The van der Waals surface area contributed by atoms with Crippen LogP contribution in [0.2, 0.25) is 0 Å². The molecule has 1 amide bonds. The van der Waals surface area contributed by atoms with Crippen molar-refractivity contribution in [2.24, 2.45) is 0 Å². The van der Waals surface area contributed by atoms with Crippen molar-refractivity contribution < 1.29 is 4.79 Å². The Morgan fingerprint density at radius 1 is 1.05 bits per heavy atom. The van der Waals surface area contributed by atoms with E-state index in [0.29, 0.717) is 10.3 Å². The number of rotatable bonds is 2. The van der Waals surface area contributed by atoms with Gasteiger partial charge in [-0.25, -0.2) is 0 Å². The number of carbonyl (C=O) groups excluding carboxylic acids is 1. The molecule has 1 aromatic heterocycles. The van der Waals surface area contributed by atoms with E-state index in [4.69, 9.17) is 0 Å². The van der Waals surface area contributed by atoms with Gasteiger partial charge in [0, 0.05) is 11.1 Å². The summed E-state index contributed by atoms with van der Waals surface area (Å²) < 4.78 is -0.0933. The Bertz CT molecular complexity index is 928. The van der Waals surface area contributed by atoms with E-state index < -0.39 is 0 Å². The van der Waals surface area contributed by atoms with Gasteiger partial charge >= 0.3 is 0 Å². The van der Waals surface area contributed by atoms with E-state index in [2.05, 4.69) is 5.32 Å². The molecule has 0 spiro atoms. The van der Waals surface area contributed by atoms with Crippen LogP contribution in [0.15, 0.2) is 53.3 Å². The molecular formula is C18H15NO2S. The number of hydrogen-bond acceptors (Lipinski definition) is 3. The highest BCUT2D eigenvalue weighted by molar-refractivity contribution is 7.12. The van der Waals surface area contributed by atoms with Gasteiger partial charge in [-0.3, -0.25) is 9.59 Å². The Morgan fingerprint density at radius 2 is 1.82 bits per heavy atom. The number of benzene rings is 2. The SMILES string of the molecule is Cc1ccc(C)c(NC(=O)c2cc3ccccc3c(=O)s2)c1. The second kappa shape index (κ2) is 5.73. The van der Waals surface area contributed by atoms with Crippen molar-refractivity contribution in [1.29, 1.82) is 0 Å². The van der Waals surface area contributed by atoms with E-state index >= 15 is 0 Å². The fourth-order valence-corrected chi connectivity index (χ4v) is 3.13. The van der Waals surface area contributed by atoms with E-state index in [9.17, 15) is 9.59 Å². The first kappa shape index (κ1) is 14.5. The molecule has 1 N–H and O–H groups in total. The standard InChI is InChI=1S/C18H15NO2S/c1-11-7-8-12(2)15(9-11)19-17(20)16-10-13-5-3-4-6-14(13)18(21)22-16/h3-10H,1-2H3,(H,19,20). The summed E-state index contributed by atoms with van der Waals surface area (Å²) in [7, 11) is 0. The first-order valence-corrected chi connectivity index (χ1v) is 7.78. The first-order chi connectivity index (χ1) is 10.5. The number of nitrogens with one attached hydrogen (secondary N) is 1. The van der Waals surface area contributed by atoms with Crippen molar-refractivity contribution in [3.63, 3.8) is 0 Å². The Hall–Kier alpha value is -2.46. The van der Waals surface area contributed by atoms with Gasteiger partial charge in [-0.15, -0.1) is 0 Å². The van der Waals surface area contributed by atoms with E-state index in [1.165, 1.54) is 0 Å². The fraction of sp³-hybridized carbons (Fsp3) is 0.111. The molecule has 2 aromatic carbocycles. The third-order valence-electron chi connectivity index (χ3n) is 3.54. The average molecular weight is 309 g/mol. The minimum atomic E-state index is -0.249. The average Bonchev–Trinajstić information content (AvgIpc) is 2.51. The highest BCUT2D eigenvalue weighted by Crippen LogP contribution is 2.20. The number of hydrogen-bond donors (Lipinski definition) is 1. The van der Waals surface area contributed by atoms with Gasteiger partial charge < -0.3 is 5.32 Å². The lowest BCUT2D eigenvalue weighted by atomic mass is 10.1. The van der Waals surface area contributed by atoms with Crippen LogP contribution < -0.4 is 10.1 Å². The zero-order valence-electron chi connectivity index (χ0n) is 12.3. The van der Waals surface area contributed by atoms with Gasteiger partial charge in [0.05, 0.1) is 4.88 Å². The van der Waals surface area contributed by atoms with Crippen molar-refractivity contribution in [3.05, 3.63) is 74.1 Å². The zero-order chi connectivity index (χ0) is 15.7. The lowest BCUT2D eigenvalue weighted by molar-refractivity contribution is 0.103. The van der Waals surface area contributed by atoms with Crippen LogP contribution in [0.3, 0.4) is 0 Å². The summed E-state index contributed by atoms with van der Waals surface area (Å²) in [6.07, 6.45) is 0. The Labute approximate surface area is 132 Å². The number of anilines is 1. The number of amides is 1. The summed E-state index contributed by atoms with van der Waals surface area (Å²) in [6, 6.07) is 15.0. The maximum Gasteiger partial charge on any atom is 0.265 e. The molecule has 0 fully saturated rings. The van der Waals surface area contributed by atoms with Crippen LogP contribution in [0.5, 0.6) is 0 Å². The molecule has 1 heterocycles. The Morgan fingerprint density at radius 3 is 2.64 bits per heavy atom. The molecule has 3 aromatic rings. The van der Waals surface area contributed by atoms with Crippen molar-refractivity contribution in [2.75, 3.05) is 5.32 Å². The predicted molar refractivity (Wildman–Crippen MR) is 92.0 cm³/mol. The lowest BCUT2D eigenvalue weighted by Gasteiger charge is -2.09. The van der Waals surface area contributed by atoms with E-state index in [1.54, 1.807) is 12.1 Å². The first-order valence-electron chi connectivity index (χ1n) is 6.96. The van der Waals surface area contributed by atoms with Gasteiger partial charge in [0.15, 0.2) is 0 Å². The van der Waals surface area contributed by atoms with Gasteiger partial charge in [-0.1, -0.05) is 41.7 Å². The predicted octanol–water partition coefficient (Wildman–Crippen LogP) is 4.13. The van der Waals surface area contributed by atoms with Crippen LogP contribution >= 0.6 is 11.3 Å². The van der Waals surface area contributed by atoms with Crippen LogP contribution in [0.1, 0.15) is 20.8 Å².